The Morgan fingerprint density at radius 3 is 3.31 bits per heavy atom. The molecule has 0 saturated heterocycles. The maximum Gasteiger partial charge on any atom is 0.309 e. The lowest BCUT2D eigenvalue weighted by molar-refractivity contribution is -0.145. The van der Waals surface area contributed by atoms with Crippen LogP contribution in [0.2, 0.25) is 0 Å². The van der Waals surface area contributed by atoms with E-state index in [-0.39, 0.29) is 11.9 Å². The van der Waals surface area contributed by atoms with Gasteiger partial charge in [-0.05, 0) is 36.3 Å². The number of fused-ring (bicyclic) bond motifs is 1. The second-order valence-electron chi connectivity index (χ2n) is 3.33. The molecule has 0 aliphatic heterocycles. The van der Waals surface area contributed by atoms with Crippen LogP contribution in [-0.4, -0.2) is 13.1 Å². The van der Waals surface area contributed by atoms with Gasteiger partial charge in [0.1, 0.15) is 0 Å². The van der Waals surface area contributed by atoms with Crippen LogP contribution in [0.3, 0.4) is 0 Å². The van der Waals surface area contributed by atoms with Gasteiger partial charge in [0.15, 0.2) is 0 Å². The summed E-state index contributed by atoms with van der Waals surface area (Å²) in [6.45, 7) is 0. The van der Waals surface area contributed by atoms with Crippen LogP contribution in [0.25, 0.3) is 0 Å². The number of aryl methyl sites for hydroxylation is 1. The minimum absolute atomic E-state index is 0.0585. The molecule has 2 nitrogen and oxygen atoms in total. The quantitative estimate of drug-likeness (QED) is 0.642. The second-order valence-corrected chi connectivity index (χ2v) is 4.33. The van der Waals surface area contributed by atoms with Crippen LogP contribution in [-0.2, 0) is 22.4 Å². The van der Waals surface area contributed by atoms with Gasteiger partial charge < -0.3 is 4.74 Å². The van der Waals surface area contributed by atoms with Gasteiger partial charge in [0, 0.05) is 4.88 Å². The van der Waals surface area contributed by atoms with Crippen molar-refractivity contribution in [2.24, 2.45) is 5.92 Å². The molecule has 0 N–H and O–H groups in total. The van der Waals surface area contributed by atoms with Gasteiger partial charge in [-0.2, -0.15) is 0 Å². The average Bonchev–Trinajstić information content (AvgIpc) is 2.63. The summed E-state index contributed by atoms with van der Waals surface area (Å²) in [5.74, 6) is 0.0314. The van der Waals surface area contributed by atoms with Gasteiger partial charge in [-0.3, -0.25) is 4.79 Å². The lowest BCUT2D eigenvalue weighted by Crippen LogP contribution is -2.22. The second kappa shape index (κ2) is 3.50. The molecular formula is C10H12O2S. The van der Waals surface area contributed by atoms with E-state index in [0.717, 1.165) is 19.3 Å². The van der Waals surface area contributed by atoms with Gasteiger partial charge in [0.25, 0.3) is 0 Å². The molecule has 13 heavy (non-hydrogen) atoms. The van der Waals surface area contributed by atoms with E-state index in [4.69, 9.17) is 4.74 Å². The van der Waals surface area contributed by atoms with E-state index in [1.54, 1.807) is 11.3 Å². The molecule has 1 aromatic rings. The fourth-order valence-electron chi connectivity index (χ4n) is 1.81. The normalized spacial score (nSPS) is 20.8. The number of hydrogen-bond acceptors (Lipinski definition) is 3. The van der Waals surface area contributed by atoms with Crippen molar-refractivity contribution in [3.63, 3.8) is 0 Å². The molecule has 1 aliphatic rings. The molecule has 70 valence electrons. The van der Waals surface area contributed by atoms with Crippen LogP contribution in [0.15, 0.2) is 11.4 Å². The molecule has 0 radical (unpaired) electrons. The minimum atomic E-state index is -0.0585. The zero-order valence-corrected chi connectivity index (χ0v) is 8.39. The first-order valence-corrected chi connectivity index (χ1v) is 5.32. The lowest BCUT2D eigenvalue weighted by Gasteiger charge is -2.19. The molecule has 0 saturated carbocycles. The Morgan fingerprint density at radius 1 is 1.69 bits per heavy atom. The van der Waals surface area contributed by atoms with Crippen molar-refractivity contribution < 1.29 is 9.53 Å². The Bertz CT molecular complexity index is 316. The number of rotatable bonds is 1. The summed E-state index contributed by atoms with van der Waals surface area (Å²) in [5, 5.41) is 2.10. The van der Waals surface area contributed by atoms with Crippen LogP contribution < -0.4 is 0 Å². The zero-order valence-electron chi connectivity index (χ0n) is 7.58. The van der Waals surface area contributed by atoms with Gasteiger partial charge in [-0.15, -0.1) is 11.3 Å². The highest BCUT2D eigenvalue weighted by molar-refractivity contribution is 7.10. The number of carbonyl (C=O) groups is 1. The molecule has 1 aromatic heterocycles. The van der Waals surface area contributed by atoms with E-state index in [2.05, 4.69) is 11.4 Å². The van der Waals surface area contributed by atoms with Crippen LogP contribution in [0, 0.1) is 5.92 Å². The van der Waals surface area contributed by atoms with Crippen molar-refractivity contribution in [2.45, 2.75) is 19.3 Å². The van der Waals surface area contributed by atoms with Crippen molar-refractivity contribution in [2.75, 3.05) is 7.11 Å². The molecule has 1 aliphatic carbocycles. The number of esters is 1. The summed E-state index contributed by atoms with van der Waals surface area (Å²) in [6.07, 6.45) is 2.85. The Labute approximate surface area is 81.5 Å². The van der Waals surface area contributed by atoms with E-state index in [1.165, 1.54) is 17.6 Å². The van der Waals surface area contributed by atoms with Crippen molar-refractivity contribution in [3.05, 3.63) is 21.9 Å². The molecule has 0 fully saturated rings. The Hall–Kier alpha value is -0.830. The first-order valence-electron chi connectivity index (χ1n) is 4.44. The van der Waals surface area contributed by atoms with E-state index in [0.29, 0.717) is 0 Å². The molecular weight excluding hydrogens is 184 g/mol. The highest BCUT2D eigenvalue weighted by atomic mass is 32.1. The zero-order chi connectivity index (χ0) is 9.26. The van der Waals surface area contributed by atoms with Gasteiger partial charge in [0.2, 0.25) is 0 Å². The van der Waals surface area contributed by atoms with Crippen molar-refractivity contribution in [1.29, 1.82) is 0 Å². The smallest absolute Gasteiger partial charge is 0.309 e. The first-order chi connectivity index (χ1) is 6.31. The summed E-state index contributed by atoms with van der Waals surface area (Å²) in [5.41, 5.74) is 1.34. The van der Waals surface area contributed by atoms with Crippen LogP contribution in [0.5, 0.6) is 0 Å². The van der Waals surface area contributed by atoms with Gasteiger partial charge in [-0.1, -0.05) is 0 Å². The summed E-state index contributed by atoms with van der Waals surface area (Å²) in [7, 11) is 1.46. The van der Waals surface area contributed by atoms with E-state index in [9.17, 15) is 4.79 Å². The standard InChI is InChI=1S/C10H12O2S/c1-12-10(11)8-2-3-9-7(6-8)4-5-13-9/h4-5,8H,2-3,6H2,1H3. The van der Waals surface area contributed by atoms with Crippen LogP contribution in [0.4, 0.5) is 0 Å². The van der Waals surface area contributed by atoms with Gasteiger partial charge in [-0.25, -0.2) is 0 Å². The number of methoxy groups -OCH3 is 1. The number of ether oxygens (including phenoxy) is 1. The van der Waals surface area contributed by atoms with Gasteiger partial charge in [0.05, 0.1) is 13.0 Å². The first kappa shape index (κ1) is 8.75. The summed E-state index contributed by atoms with van der Waals surface area (Å²) >= 11 is 1.79. The summed E-state index contributed by atoms with van der Waals surface area (Å²) < 4.78 is 4.75. The van der Waals surface area contributed by atoms with Crippen molar-refractivity contribution in [1.82, 2.24) is 0 Å². The molecule has 3 heteroatoms. The maximum atomic E-state index is 11.3. The Kier molecular flexibility index (Phi) is 2.36. The fourth-order valence-corrected chi connectivity index (χ4v) is 2.74. The van der Waals surface area contributed by atoms with Crippen LogP contribution >= 0.6 is 11.3 Å². The van der Waals surface area contributed by atoms with E-state index >= 15 is 0 Å². The summed E-state index contributed by atoms with van der Waals surface area (Å²) in [6, 6.07) is 2.12. The Morgan fingerprint density at radius 2 is 2.54 bits per heavy atom. The molecule has 1 atom stereocenters. The van der Waals surface area contributed by atoms with Gasteiger partial charge >= 0.3 is 5.97 Å². The summed E-state index contributed by atoms with van der Waals surface area (Å²) in [4.78, 5) is 12.7. The Balaban J connectivity index is 2.13. The third kappa shape index (κ3) is 1.61. The third-order valence-electron chi connectivity index (χ3n) is 2.56. The van der Waals surface area contributed by atoms with Crippen molar-refractivity contribution >= 4 is 17.3 Å². The lowest BCUT2D eigenvalue weighted by atomic mass is 9.89. The maximum absolute atomic E-state index is 11.3. The van der Waals surface area contributed by atoms with Crippen LogP contribution in [0.1, 0.15) is 16.9 Å². The topological polar surface area (TPSA) is 26.3 Å². The molecule has 1 heterocycles. The molecule has 0 amide bonds. The SMILES string of the molecule is COC(=O)C1CCc2sccc2C1. The molecule has 0 aromatic carbocycles. The van der Waals surface area contributed by atoms with E-state index in [1.807, 2.05) is 0 Å². The predicted octanol–water partition coefficient (Wildman–Crippen LogP) is 2.03. The molecule has 0 spiro atoms. The third-order valence-corrected chi connectivity index (χ3v) is 3.58. The largest absolute Gasteiger partial charge is 0.469 e. The highest BCUT2D eigenvalue weighted by Gasteiger charge is 2.25. The average molecular weight is 196 g/mol. The fraction of sp³-hybridized carbons (Fsp3) is 0.500. The molecule has 1 unspecified atom stereocenters. The van der Waals surface area contributed by atoms with Crippen molar-refractivity contribution in [3.8, 4) is 0 Å². The number of thiophene rings is 1. The monoisotopic (exact) mass is 196 g/mol. The molecule has 2 rings (SSSR count). The highest BCUT2D eigenvalue weighted by Crippen LogP contribution is 2.29. The minimum Gasteiger partial charge on any atom is -0.469 e. The molecule has 0 bridgehead atoms. The van der Waals surface area contributed by atoms with E-state index < -0.39 is 0 Å². The number of carbonyl (C=O) groups excluding carboxylic acids is 1. The number of hydrogen-bond donors (Lipinski definition) is 0. The predicted molar refractivity (Wildman–Crippen MR) is 51.9 cm³/mol.